The number of amides is 2. The molecule has 0 aromatic rings. The molecule has 0 aliphatic carbocycles. The van der Waals surface area contributed by atoms with Gasteiger partial charge in [0.2, 0.25) is 11.8 Å². The standard InChI is InChI=1S/C16H25N5O2/c1-3-4-8-16(19-20-16)9-5-14(22)18-13-6-10-21(11-7-13)12-15(23)17-2/h1,13H,4-12H2,2H3,(H,17,23)(H,18,22). The van der Waals surface area contributed by atoms with Crippen molar-refractivity contribution in [3.8, 4) is 12.3 Å². The number of nitrogens with zero attached hydrogens (tertiary/aromatic N) is 3. The van der Waals surface area contributed by atoms with E-state index in [-0.39, 0.29) is 23.5 Å². The van der Waals surface area contributed by atoms with E-state index in [1.165, 1.54) is 0 Å². The van der Waals surface area contributed by atoms with Gasteiger partial charge in [-0.1, -0.05) is 0 Å². The molecule has 2 N–H and O–H groups in total. The van der Waals surface area contributed by atoms with Gasteiger partial charge in [0.1, 0.15) is 0 Å². The smallest absolute Gasteiger partial charge is 0.233 e. The predicted octanol–water partition coefficient (Wildman–Crippen LogP) is 0.669. The molecule has 7 heteroatoms. The molecular formula is C16H25N5O2. The zero-order valence-electron chi connectivity index (χ0n) is 13.7. The third-order valence-electron chi connectivity index (χ3n) is 4.40. The molecule has 0 unspecified atom stereocenters. The van der Waals surface area contributed by atoms with Crippen LogP contribution in [0.4, 0.5) is 0 Å². The van der Waals surface area contributed by atoms with Crippen molar-refractivity contribution in [3.05, 3.63) is 0 Å². The fraction of sp³-hybridized carbons (Fsp3) is 0.750. The Kier molecular flexibility index (Phi) is 6.11. The molecule has 0 bridgehead atoms. The Labute approximate surface area is 137 Å². The van der Waals surface area contributed by atoms with Crippen LogP contribution >= 0.6 is 0 Å². The van der Waals surface area contributed by atoms with Gasteiger partial charge < -0.3 is 10.6 Å². The third-order valence-corrected chi connectivity index (χ3v) is 4.40. The number of hydrogen-bond donors (Lipinski definition) is 2. The maximum absolute atomic E-state index is 12.1. The minimum atomic E-state index is -0.388. The van der Waals surface area contributed by atoms with Crippen molar-refractivity contribution >= 4 is 11.8 Å². The zero-order valence-corrected chi connectivity index (χ0v) is 13.7. The van der Waals surface area contributed by atoms with Crippen LogP contribution in [0.3, 0.4) is 0 Å². The van der Waals surface area contributed by atoms with Crippen molar-refractivity contribution in [2.75, 3.05) is 26.7 Å². The first-order chi connectivity index (χ1) is 11.1. The van der Waals surface area contributed by atoms with Gasteiger partial charge in [-0.15, -0.1) is 12.3 Å². The topological polar surface area (TPSA) is 86.2 Å². The van der Waals surface area contributed by atoms with E-state index in [1.54, 1.807) is 7.05 Å². The molecule has 126 valence electrons. The highest BCUT2D eigenvalue weighted by molar-refractivity contribution is 5.77. The largest absolute Gasteiger partial charge is 0.358 e. The van der Waals surface area contributed by atoms with Crippen molar-refractivity contribution < 1.29 is 9.59 Å². The Morgan fingerprint density at radius 1 is 1.26 bits per heavy atom. The molecule has 1 saturated heterocycles. The molecule has 0 aromatic carbocycles. The maximum Gasteiger partial charge on any atom is 0.233 e. The number of rotatable bonds is 8. The van der Waals surface area contributed by atoms with Gasteiger partial charge in [0, 0.05) is 51.9 Å². The van der Waals surface area contributed by atoms with E-state index in [1.807, 2.05) is 0 Å². The van der Waals surface area contributed by atoms with Gasteiger partial charge in [-0.25, -0.2) is 0 Å². The molecule has 2 rings (SSSR count). The molecule has 2 heterocycles. The van der Waals surface area contributed by atoms with Gasteiger partial charge in [-0.2, -0.15) is 10.2 Å². The van der Waals surface area contributed by atoms with E-state index in [0.29, 0.717) is 25.8 Å². The van der Waals surface area contributed by atoms with Crippen LogP contribution in [0.5, 0.6) is 0 Å². The summed E-state index contributed by atoms with van der Waals surface area (Å²) in [6.45, 7) is 2.09. The Morgan fingerprint density at radius 2 is 1.96 bits per heavy atom. The SMILES string of the molecule is C#CCCC1(CCC(=O)NC2CCN(CC(=O)NC)CC2)N=N1. The molecule has 7 nitrogen and oxygen atoms in total. The van der Waals surface area contributed by atoms with E-state index >= 15 is 0 Å². The number of piperidine rings is 1. The summed E-state index contributed by atoms with van der Waals surface area (Å²) in [7, 11) is 1.64. The molecule has 23 heavy (non-hydrogen) atoms. The lowest BCUT2D eigenvalue weighted by Gasteiger charge is -2.31. The van der Waals surface area contributed by atoms with Crippen molar-refractivity contribution in [3.63, 3.8) is 0 Å². The predicted molar refractivity (Wildman–Crippen MR) is 86.6 cm³/mol. The lowest BCUT2D eigenvalue weighted by molar-refractivity contribution is -0.124. The van der Waals surface area contributed by atoms with Crippen LogP contribution in [0.15, 0.2) is 10.2 Å². The molecule has 2 amide bonds. The minimum Gasteiger partial charge on any atom is -0.358 e. The van der Waals surface area contributed by atoms with Crippen molar-refractivity contribution in [2.24, 2.45) is 10.2 Å². The van der Waals surface area contributed by atoms with Crippen LogP contribution in [-0.4, -0.2) is 55.1 Å². The Hall–Kier alpha value is -1.94. The third kappa shape index (κ3) is 5.64. The van der Waals surface area contributed by atoms with Gasteiger partial charge in [0.05, 0.1) is 6.54 Å². The Balaban J connectivity index is 1.62. The Morgan fingerprint density at radius 3 is 2.52 bits per heavy atom. The highest BCUT2D eigenvalue weighted by Crippen LogP contribution is 2.37. The molecule has 0 radical (unpaired) electrons. The first-order valence-electron chi connectivity index (χ1n) is 8.17. The lowest BCUT2D eigenvalue weighted by Crippen LogP contribution is -2.47. The monoisotopic (exact) mass is 319 g/mol. The number of likely N-dealkylation sites (tertiary alicyclic amines) is 1. The molecule has 2 aliphatic rings. The van der Waals surface area contributed by atoms with Crippen LogP contribution < -0.4 is 10.6 Å². The van der Waals surface area contributed by atoms with Crippen LogP contribution in [0.1, 0.15) is 38.5 Å². The molecular weight excluding hydrogens is 294 g/mol. The summed E-state index contributed by atoms with van der Waals surface area (Å²) in [6, 6.07) is 0.193. The first-order valence-corrected chi connectivity index (χ1v) is 8.17. The fourth-order valence-electron chi connectivity index (χ4n) is 2.80. The van der Waals surface area contributed by atoms with E-state index in [0.717, 1.165) is 32.4 Å². The van der Waals surface area contributed by atoms with E-state index in [9.17, 15) is 9.59 Å². The maximum atomic E-state index is 12.1. The molecule has 1 fully saturated rings. The first kappa shape index (κ1) is 17.4. The second kappa shape index (κ2) is 8.06. The van der Waals surface area contributed by atoms with Gasteiger partial charge in [-0.05, 0) is 12.8 Å². The normalized spacial score (nSPS) is 19.8. The highest BCUT2D eigenvalue weighted by atomic mass is 16.2. The summed E-state index contributed by atoms with van der Waals surface area (Å²) >= 11 is 0. The fourth-order valence-corrected chi connectivity index (χ4v) is 2.80. The second-order valence-corrected chi connectivity index (χ2v) is 6.18. The summed E-state index contributed by atoms with van der Waals surface area (Å²) in [4.78, 5) is 25.5. The van der Waals surface area contributed by atoms with E-state index in [2.05, 4.69) is 31.7 Å². The van der Waals surface area contributed by atoms with Crippen molar-refractivity contribution in [1.82, 2.24) is 15.5 Å². The van der Waals surface area contributed by atoms with Gasteiger partial charge in [0.15, 0.2) is 5.66 Å². The molecule has 2 aliphatic heterocycles. The summed E-state index contributed by atoms with van der Waals surface area (Å²) in [5.74, 6) is 2.66. The summed E-state index contributed by atoms with van der Waals surface area (Å²) in [5.41, 5.74) is -0.388. The van der Waals surface area contributed by atoms with E-state index in [4.69, 9.17) is 6.42 Å². The van der Waals surface area contributed by atoms with Gasteiger partial charge in [-0.3, -0.25) is 14.5 Å². The second-order valence-electron chi connectivity index (χ2n) is 6.18. The van der Waals surface area contributed by atoms with Crippen LogP contribution in [0, 0.1) is 12.3 Å². The van der Waals surface area contributed by atoms with Crippen molar-refractivity contribution in [2.45, 2.75) is 50.2 Å². The summed E-state index contributed by atoms with van der Waals surface area (Å²) in [5, 5.41) is 13.8. The van der Waals surface area contributed by atoms with Crippen LogP contribution in [-0.2, 0) is 9.59 Å². The average molecular weight is 319 g/mol. The number of nitrogens with one attached hydrogen (secondary N) is 2. The lowest BCUT2D eigenvalue weighted by atomic mass is 10.0. The minimum absolute atomic E-state index is 0.0293. The molecule has 0 spiro atoms. The van der Waals surface area contributed by atoms with Crippen LogP contribution in [0.2, 0.25) is 0 Å². The molecule has 0 saturated carbocycles. The van der Waals surface area contributed by atoms with Gasteiger partial charge in [0.25, 0.3) is 0 Å². The quantitative estimate of drug-likeness (QED) is 0.645. The average Bonchev–Trinajstić information content (AvgIpc) is 3.33. The number of likely N-dealkylation sites (N-methyl/N-ethyl adjacent to an activating group) is 1. The number of carbonyl (C=O) groups excluding carboxylic acids is 2. The number of carbonyl (C=O) groups is 2. The molecule has 0 atom stereocenters. The zero-order chi connectivity index (χ0) is 16.7. The summed E-state index contributed by atoms with van der Waals surface area (Å²) in [6.07, 6.45) is 9.43. The van der Waals surface area contributed by atoms with E-state index < -0.39 is 0 Å². The molecule has 0 aromatic heterocycles. The Bertz CT molecular complexity index is 497. The van der Waals surface area contributed by atoms with Crippen molar-refractivity contribution in [1.29, 1.82) is 0 Å². The number of terminal acetylenes is 1. The van der Waals surface area contributed by atoms with Gasteiger partial charge >= 0.3 is 0 Å². The van der Waals surface area contributed by atoms with Crippen LogP contribution in [0.25, 0.3) is 0 Å². The number of hydrogen-bond acceptors (Lipinski definition) is 5. The summed E-state index contributed by atoms with van der Waals surface area (Å²) < 4.78 is 0. The highest BCUT2D eigenvalue weighted by Gasteiger charge is 2.39.